The fourth-order valence-corrected chi connectivity index (χ4v) is 2.66. The number of hydrogen-bond acceptors (Lipinski definition) is 3. The van der Waals surface area contributed by atoms with Crippen LogP contribution in [-0.2, 0) is 4.79 Å². The van der Waals surface area contributed by atoms with Crippen molar-refractivity contribution in [1.82, 2.24) is 15.1 Å². The average molecular weight is 239 g/mol. The van der Waals surface area contributed by atoms with Crippen LogP contribution in [-0.4, -0.2) is 54.5 Å². The van der Waals surface area contributed by atoms with Crippen LogP contribution in [0.2, 0.25) is 0 Å². The van der Waals surface area contributed by atoms with Crippen molar-refractivity contribution in [2.75, 3.05) is 26.7 Å². The summed E-state index contributed by atoms with van der Waals surface area (Å²) in [6.45, 7) is 1.45. The minimum atomic E-state index is -0.243. The van der Waals surface area contributed by atoms with Crippen molar-refractivity contribution in [2.24, 2.45) is 0 Å². The summed E-state index contributed by atoms with van der Waals surface area (Å²) in [6.07, 6.45) is 6.18. The molecule has 3 amide bonds. The van der Waals surface area contributed by atoms with Gasteiger partial charge in [0, 0.05) is 19.1 Å². The quantitative estimate of drug-likeness (QED) is 0.792. The number of nitrogens with zero attached hydrogens (tertiary/aromatic N) is 2. The normalized spacial score (nSPS) is 22.0. The van der Waals surface area contributed by atoms with E-state index in [2.05, 4.69) is 10.2 Å². The van der Waals surface area contributed by atoms with Crippen LogP contribution in [0.5, 0.6) is 0 Å². The van der Waals surface area contributed by atoms with Crippen LogP contribution in [0, 0.1) is 0 Å². The summed E-state index contributed by atoms with van der Waals surface area (Å²) in [5.41, 5.74) is 0. The predicted octanol–water partition coefficient (Wildman–Crippen LogP) is 0.803. The maximum Gasteiger partial charge on any atom is 0.324 e. The average Bonchev–Trinajstić information content (AvgIpc) is 2.76. The first-order chi connectivity index (χ1) is 8.18. The third-order valence-electron chi connectivity index (χ3n) is 3.74. The Morgan fingerprint density at radius 1 is 1.41 bits per heavy atom. The van der Waals surface area contributed by atoms with Crippen LogP contribution in [0.15, 0.2) is 0 Å². The number of imide groups is 1. The van der Waals surface area contributed by atoms with Gasteiger partial charge in [0.2, 0.25) is 5.91 Å². The van der Waals surface area contributed by atoms with Crippen molar-refractivity contribution in [3.8, 4) is 0 Å². The summed E-state index contributed by atoms with van der Waals surface area (Å²) in [5.74, 6) is -0.0759. The van der Waals surface area contributed by atoms with E-state index in [0.29, 0.717) is 25.7 Å². The summed E-state index contributed by atoms with van der Waals surface area (Å²) in [6, 6.07) is 0.269. The second-order valence-corrected chi connectivity index (χ2v) is 4.98. The molecule has 1 heterocycles. The molecule has 0 spiro atoms. The summed E-state index contributed by atoms with van der Waals surface area (Å²) in [7, 11) is 1.99. The number of nitrogens with one attached hydrogen (secondary N) is 1. The Balaban J connectivity index is 1.82. The van der Waals surface area contributed by atoms with Crippen molar-refractivity contribution in [3.05, 3.63) is 0 Å². The minimum absolute atomic E-state index is 0.0759. The Morgan fingerprint density at radius 2 is 2.12 bits per heavy atom. The van der Waals surface area contributed by atoms with Gasteiger partial charge in [0.25, 0.3) is 0 Å². The Labute approximate surface area is 102 Å². The highest BCUT2D eigenvalue weighted by atomic mass is 16.2. The van der Waals surface area contributed by atoms with E-state index < -0.39 is 0 Å². The monoisotopic (exact) mass is 239 g/mol. The molecule has 0 atom stereocenters. The zero-order valence-electron chi connectivity index (χ0n) is 10.4. The molecule has 0 bridgehead atoms. The number of carbonyl (C=O) groups is 2. The van der Waals surface area contributed by atoms with E-state index >= 15 is 0 Å². The highest BCUT2D eigenvalue weighted by molar-refractivity contribution is 5.96. The zero-order chi connectivity index (χ0) is 12.3. The molecular formula is C12H21N3O2. The lowest BCUT2D eigenvalue weighted by Gasteiger charge is -2.31. The van der Waals surface area contributed by atoms with E-state index in [0.717, 1.165) is 0 Å². The zero-order valence-corrected chi connectivity index (χ0v) is 10.4. The molecule has 1 saturated heterocycles. The summed E-state index contributed by atoms with van der Waals surface area (Å²) < 4.78 is 0. The molecule has 5 nitrogen and oxygen atoms in total. The molecule has 0 aromatic carbocycles. The lowest BCUT2D eigenvalue weighted by molar-refractivity contribution is -0.129. The Morgan fingerprint density at radius 3 is 2.71 bits per heavy atom. The number of amides is 3. The van der Waals surface area contributed by atoms with Crippen molar-refractivity contribution >= 4 is 11.9 Å². The Kier molecular flexibility index (Phi) is 3.99. The van der Waals surface area contributed by atoms with Gasteiger partial charge in [-0.2, -0.15) is 0 Å². The molecule has 1 aliphatic carbocycles. The van der Waals surface area contributed by atoms with Crippen LogP contribution in [0.25, 0.3) is 0 Å². The first kappa shape index (κ1) is 12.4. The van der Waals surface area contributed by atoms with Gasteiger partial charge in [0.05, 0.1) is 6.54 Å². The maximum absolute atomic E-state index is 11.9. The Bertz CT molecular complexity index is 300. The van der Waals surface area contributed by atoms with Crippen molar-refractivity contribution in [1.29, 1.82) is 0 Å². The second kappa shape index (κ2) is 5.49. The van der Waals surface area contributed by atoms with Crippen molar-refractivity contribution in [2.45, 2.75) is 38.1 Å². The molecule has 96 valence electrons. The third kappa shape index (κ3) is 2.97. The first-order valence-electron chi connectivity index (χ1n) is 6.47. The maximum atomic E-state index is 11.9. The van der Waals surface area contributed by atoms with E-state index in [1.807, 2.05) is 7.05 Å². The largest absolute Gasteiger partial charge is 0.336 e. The first-order valence-corrected chi connectivity index (χ1v) is 6.47. The van der Waals surface area contributed by atoms with Crippen LogP contribution < -0.4 is 5.32 Å². The number of urea groups is 1. The van der Waals surface area contributed by atoms with E-state index in [9.17, 15) is 9.59 Å². The van der Waals surface area contributed by atoms with Gasteiger partial charge in [-0.1, -0.05) is 19.3 Å². The van der Waals surface area contributed by atoms with Gasteiger partial charge in [0.15, 0.2) is 0 Å². The van der Waals surface area contributed by atoms with Gasteiger partial charge < -0.3 is 5.32 Å². The third-order valence-corrected chi connectivity index (χ3v) is 3.74. The van der Waals surface area contributed by atoms with Crippen molar-refractivity contribution < 1.29 is 9.59 Å². The van der Waals surface area contributed by atoms with E-state index in [1.165, 1.54) is 37.0 Å². The van der Waals surface area contributed by atoms with Gasteiger partial charge in [-0.25, -0.2) is 4.79 Å². The van der Waals surface area contributed by atoms with Crippen molar-refractivity contribution in [3.63, 3.8) is 0 Å². The molecule has 1 saturated carbocycles. The molecule has 2 fully saturated rings. The highest BCUT2D eigenvalue weighted by Gasteiger charge is 2.28. The second-order valence-electron chi connectivity index (χ2n) is 4.98. The summed E-state index contributed by atoms with van der Waals surface area (Å²) in [5, 5.41) is 2.65. The minimum Gasteiger partial charge on any atom is -0.336 e. The number of carbonyl (C=O) groups excluding carboxylic acids is 2. The van der Waals surface area contributed by atoms with Crippen LogP contribution in [0.3, 0.4) is 0 Å². The molecule has 17 heavy (non-hydrogen) atoms. The fraction of sp³-hybridized carbons (Fsp3) is 0.833. The lowest BCUT2D eigenvalue weighted by atomic mass is 9.94. The van der Waals surface area contributed by atoms with E-state index in [-0.39, 0.29) is 11.9 Å². The molecule has 5 heteroatoms. The van der Waals surface area contributed by atoms with Gasteiger partial charge >= 0.3 is 6.03 Å². The smallest absolute Gasteiger partial charge is 0.324 e. The number of hydrogen-bond donors (Lipinski definition) is 1. The molecule has 0 unspecified atom stereocenters. The lowest BCUT2D eigenvalue weighted by Crippen LogP contribution is -2.44. The molecule has 0 aromatic heterocycles. The highest BCUT2D eigenvalue weighted by Crippen LogP contribution is 2.21. The summed E-state index contributed by atoms with van der Waals surface area (Å²) >= 11 is 0. The molecule has 0 radical (unpaired) electrons. The molecule has 1 N–H and O–H groups in total. The molecule has 2 aliphatic rings. The molecular weight excluding hydrogens is 218 g/mol. The molecule has 1 aliphatic heterocycles. The standard InChI is InChI=1S/C12H21N3O2/c1-14(10-5-3-2-4-6-10)9-11(16)15-8-7-13-12(15)17/h10H,2-9H2,1H3,(H,13,17). The van der Waals surface area contributed by atoms with E-state index in [4.69, 9.17) is 0 Å². The molecule has 0 aromatic rings. The molecule has 2 rings (SSSR count). The van der Waals surface area contributed by atoms with Crippen LogP contribution in [0.1, 0.15) is 32.1 Å². The SMILES string of the molecule is CN(CC(=O)N1CCNC1=O)C1CCCCC1. The number of rotatable bonds is 3. The summed E-state index contributed by atoms with van der Waals surface area (Å²) in [4.78, 5) is 26.7. The van der Waals surface area contributed by atoms with Crippen LogP contribution in [0.4, 0.5) is 4.79 Å². The van der Waals surface area contributed by atoms with Gasteiger partial charge in [0.1, 0.15) is 0 Å². The van der Waals surface area contributed by atoms with Gasteiger partial charge in [-0.15, -0.1) is 0 Å². The predicted molar refractivity (Wildman–Crippen MR) is 64.6 cm³/mol. The van der Waals surface area contributed by atoms with Gasteiger partial charge in [-0.05, 0) is 19.9 Å². The number of likely N-dealkylation sites (N-methyl/N-ethyl adjacent to an activating group) is 1. The topological polar surface area (TPSA) is 52.7 Å². The Hall–Kier alpha value is -1.10. The fourth-order valence-electron chi connectivity index (χ4n) is 2.66. The van der Waals surface area contributed by atoms with Gasteiger partial charge in [-0.3, -0.25) is 14.6 Å². The van der Waals surface area contributed by atoms with Crippen LogP contribution >= 0.6 is 0 Å². The van der Waals surface area contributed by atoms with E-state index in [1.54, 1.807) is 0 Å².